The van der Waals surface area contributed by atoms with Crippen molar-refractivity contribution in [2.45, 2.75) is 31.8 Å². The molecule has 3 atom stereocenters. The van der Waals surface area contributed by atoms with Crippen molar-refractivity contribution in [1.82, 2.24) is 4.90 Å². The summed E-state index contributed by atoms with van der Waals surface area (Å²) in [7, 11) is 0. The summed E-state index contributed by atoms with van der Waals surface area (Å²) in [6.07, 6.45) is 26.5. The third-order valence-corrected chi connectivity index (χ3v) is 5.41. The normalized spacial score (nSPS) is 29.0. The molecule has 0 aromatic heterocycles. The first-order valence-electron chi connectivity index (χ1n) is 10.1. The van der Waals surface area contributed by atoms with E-state index in [4.69, 9.17) is 0 Å². The molecule has 3 aliphatic carbocycles. The summed E-state index contributed by atoms with van der Waals surface area (Å²) in [4.78, 5) is 2.65. The number of fused-ring (bicyclic) bond motifs is 1. The molecule has 10 radical (unpaired) electrons. The number of benzene rings is 1. The Morgan fingerprint density at radius 1 is 0.857 bits per heavy atom. The Labute approximate surface area is 194 Å². The van der Waals surface area contributed by atoms with Gasteiger partial charge < -0.3 is 18.2 Å². The maximum absolute atomic E-state index is 4.34. The summed E-state index contributed by atoms with van der Waals surface area (Å²) >= 11 is 0. The van der Waals surface area contributed by atoms with Gasteiger partial charge in [-0.15, -0.1) is 0 Å². The zero-order valence-corrected chi connectivity index (χ0v) is 19.1. The predicted molar refractivity (Wildman–Crippen MR) is 114 cm³/mol. The summed E-state index contributed by atoms with van der Waals surface area (Å²) in [5.74, 6) is 1.34. The van der Waals surface area contributed by atoms with Crippen LogP contribution < -0.4 is 0 Å². The Hall–Kier alpha value is 0.0631. The molecule has 1 aliphatic heterocycles. The molecule has 28 heavy (non-hydrogen) atoms. The summed E-state index contributed by atoms with van der Waals surface area (Å²) < 4.78 is 0. The summed E-state index contributed by atoms with van der Waals surface area (Å²) in [5, 5.41) is 0. The quantitative estimate of drug-likeness (QED) is 0.550. The van der Waals surface area contributed by atoms with Crippen LogP contribution in [-0.4, -0.2) is 17.5 Å². The predicted octanol–water partition coefficient (Wildman–Crippen LogP) is 5.37. The molecule has 0 N–H and O–H groups in total. The number of rotatable bonds is 2. The molecular formula is C26H31NZr+2. The zero-order valence-electron chi connectivity index (χ0n) is 16.7. The molecule has 142 valence electrons. The van der Waals surface area contributed by atoms with Crippen LogP contribution in [0.25, 0.3) is 0 Å². The first-order chi connectivity index (χ1) is 13.3. The van der Waals surface area contributed by atoms with Crippen LogP contribution in [0.3, 0.4) is 0 Å². The minimum atomic E-state index is 0. The van der Waals surface area contributed by atoms with Crippen LogP contribution in [0.2, 0.25) is 0 Å². The van der Waals surface area contributed by atoms with E-state index in [-0.39, 0.29) is 26.2 Å². The van der Waals surface area contributed by atoms with Crippen molar-refractivity contribution >= 4 is 0 Å². The first kappa shape index (κ1) is 24.3. The van der Waals surface area contributed by atoms with E-state index in [0.717, 1.165) is 18.5 Å². The molecule has 1 aromatic rings. The molecule has 0 amide bonds. The van der Waals surface area contributed by atoms with E-state index in [1.165, 1.54) is 31.4 Å². The van der Waals surface area contributed by atoms with Gasteiger partial charge in [-0.3, -0.25) is 0 Å². The molecule has 1 aromatic carbocycles. The zero-order chi connectivity index (χ0) is 18.7. The van der Waals surface area contributed by atoms with Crippen LogP contribution in [0.1, 0.15) is 24.8 Å². The van der Waals surface area contributed by atoms with Crippen LogP contribution in [0.5, 0.6) is 0 Å². The molecule has 5 rings (SSSR count). The van der Waals surface area contributed by atoms with Gasteiger partial charge in [0, 0.05) is 6.54 Å². The van der Waals surface area contributed by atoms with E-state index in [2.05, 4.69) is 48.6 Å². The van der Waals surface area contributed by atoms with Gasteiger partial charge in [0.2, 0.25) is 0 Å². The molecule has 0 unspecified atom stereocenters. The van der Waals surface area contributed by atoms with Gasteiger partial charge in [-0.1, -0.05) is 36.8 Å². The smallest absolute Gasteiger partial charge is 0.341 e. The van der Waals surface area contributed by atoms with Gasteiger partial charge in [0.1, 0.15) is 0 Å². The Morgan fingerprint density at radius 3 is 1.93 bits per heavy atom. The molecule has 1 saturated heterocycles. The van der Waals surface area contributed by atoms with E-state index in [1.807, 2.05) is 64.2 Å². The molecule has 1 nitrogen and oxygen atoms in total. The second-order valence-electron chi connectivity index (χ2n) is 7.41. The van der Waals surface area contributed by atoms with E-state index in [0.29, 0.717) is 5.92 Å². The van der Waals surface area contributed by atoms with Crippen LogP contribution in [0.15, 0.2) is 30.3 Å². The number of hydrogen-bond acceptors (Lipinski definition) is 1. The third kappa shape index (κ3) is 8.06. The van der Waals surface area contributed by atoms with E-state index < -0.39 is 0 Å². The minimum Gasteiger partial charge on any atom is -0.341 e. The van der Waals surface area contributed by atoms with Gasteiger partial charge in [-0.05, 0) is 88.8 Å². The molecule has 0 bridgehead atoms. The topological polar surface area (TPSA) is 3.24 Å². The van der Waals surface area contributed by atoms with Crippen molar-refractivity contribution in [3.63, 3.8) is 0 Å². The average Bonchev–Trinajstić information content (AvgIpc) is 3.50. The third-order valence-electron chi connectivity index (χ3n) is 5.41. The summed E-state index contributed by atoms with van der Waals surface area (Å²) in [6.45, 7) is 6.61. The second-order valence-corrected chi connectivity index (χ2v) is 7.41. The van der Waals surface area contributed by atoms with Crippen LogP contribution in [0, 0.1) is 89.4 Å². The fourth-order valence-electron chi connectivity index (χ4n) is 4.12. The van der Waals surface area contributed by atoms with Crippen molar-refractivity contribution < 1.29 is 26.2 Å². The maximum atomic E-state index is 4.34. The standard InChI is InChI=1S/C16H21N.2C5H5.Zr/c1-13-11-17(12-14-7-3-2-4-8-14)16-10-6-5-9-15(13)16;2*1-2-4-5-3-1;/h2-4,7-9,13,15-16H,1,5-6,10-12H2;2*1-5H;/q-2;;;+4/t13-,15+,16+;;;/m0.../s1. The summed E-state index contributed by atoms with van der Waals surface area (Å²) in [6, 6.07) is 11.6. The maximum Gasteiger partial charge on any atom is 4.00 e. The SMILES string of the molecule is [CH2-][C@H]1CN(Cc2ccccc2)[C@@H]2CCC[CH-][C@@H]21.[CH]1[CH][CH][CH][CH]1.[CH]1[CH][CH][CH][CH]1.[Zr+4]. The van der Waals surface area contributed by atoms with Crippen molar-refractivity contribution in [2.24, 2.45) is 11.8 Å². The molecule has 4 fully saturated rings. The van der Waals surface area contributed by atoms with Gasteiger partial charge in [0.25, 0.3) is 0 Å². The number of nitrogens with zero attached hydrogens (tertiary/aromatic N) is 1. The van der Waals surface area contributed by atoms with Gasteiger partial charge in [-0.25, -0.2) is 0 Å². The van der Waals surface area contributed by atoms with Crippen LogP contribution >= 0.6 is 0 Å². The Morgan fingerprint density at radius 2 is 1.39 bits per heavy atom. The fraction of sp³-hybridized carbons (Fsp3) is 0.308. The number of likely N-dealkylation sites (tertiary alicyclic amines) is 1. The molecule has 2 heteroatoms. The van der Waals surface area contributed by atoms with Crippen molar-refractivity contribution in [1.29, 1.82) is 0 Å². The monoisotopic (exact) mass is 447 g/mol. The first-order valence-corrected chi connectivity index (χ1v) is 10.1. The van der Waals surface area contributed by atoms with Crippen molar-refractivity contribution in [3.05, 3.63) is 113 Å². The van der Waals surface area contributed by atoms with E-state index in [1.54, 1.807) is 0 Å². The van der Waals surface area contributed by atoms with Gasteiger partial charge >= 0.3 is 26.2 Å². The minimum absolute atomic E-state index is 0. The Kier molecular flexibility index (Phi) is 12.3. The van der Waals surface area contributed by atoms with Crippen LogP contribution in [0.4, 0.5) is 0 Å². The Bertz CT molecular complexity index is 469. The van der Waals surface area contributed by atoms with Crippen molar-refractivity contribution in [2.75, 3.05) is 6.54 Å². The molecule has 4 aliphatic rings. The van der Waals surface area contributed by atoms with Gasteiger partial charge in [0.05, 0.1) is 0 Å². The number of hydrogen-bond donors (Lipinski definition) is 0. The molecule has 0 spiro atoms. The molecular weight excluding hydrogens is 418 g/mol. The molecule has 1 heterocycles. The fourth-order valence-corrected chi connectivity index (χ4v) is 4.12. The van der Waals surface area contributed by atoms with Gasteiger partial charge in [-0.2, -0.15) is 18.3 Å². The molecule has 3 saturated carbocycles. The summed E-state index contributed by atoms with van der Waals surface area (Å²) in [5.41, 5.74) is 1.44. The second kappa shape index (κ2) is 14.1. The van der Waals surface area contributed by atoms with Crippen LogP contribution in [-0.2, 0) is 32.7 Å². The van der Waals surface area contributed by atoms with E-state index >= 15 is 0 Å². The average molecular weight is 449 g/mol. The largest absolute Gasteiger partial charge is 4.00 e. The van der Waals surface area contributed by atoms with Gasteiger partial charge in [0.15, 0.2) is 0 Å². The Balaban J connectivity index is 0.000000209. The van der Waals surface area contributed by atoms with E-state index in [9.17, 15) is 0 Å². The van der Waals surface area contributed by atoms with Crippen molar-refractivity contribution in [3.8, 4) is 0 Å².